The highest BCUT2D eigenvalue weighted by molar-refractivity contribution is 7.14. The van der Waals surface area contributed by atoms with Crippen molar-refractivity contribution in [1.29, 1.82) is 5.26 Å². The summed E-state index contributed by atoms with van der Waals surface area (Å²) in [4.78, 5) is 13.6. The zero-order valence-corrected chi connectivity index (χ0v) is 9.94. The maximum atomic E-state index is 11.6. The average Bonchev–Trinajstić information content (AvgIpc) is 2.59. The Kier molecular flexibility index (Phi) is 3.87. The Bertz CT molecular complexity index is 403. The van der Waals surface area contributed by atoms with Crippen molar-refractivity contribution in [3.63, 3.8) is 0 Å². The molecule has 0 saturated carbocycles. The van der Waals surface area contributed by atoms with Crippen LogP contribution in [0.2, 0.25) is 0 Å². The molecule has 0 aromatic carbocycles. The third-order valence-corrected chi connectivity index (χ3v) is 3.49. The maximum absolute atomic E-state index is 11.6. The molecule has 1 amide bonds. The minimum atomic E-state index is -0.440. The van der Waals surface area contributed by atoms with Gasteiger partial charge in [0.25, 0.3) is 5.91 Å². The van der Waals surface area contributed by atoms with Gasteiger partial charge in [-0.2, -0.15) is 5.26 Å². The van der Waals surface area contributed by atoms with E-state index in [4.69, 9.17) is 5.26 Å². The van der Waals surface area contributed by atoms with Crippen LogP contribution in [-0.4, -0.2) is 11.9 Å². The fourth-order valence-corrected chi connectivity index (χ4v) is 2.30. The summed E-state index contributed by atoms with van der Waals surface area (Å²) in [5.74, 6) is -0.156. The largest absolute Gasteiger partial charge is 0.336 e. The van der Waals surface area contributed by atoms with E-state index < -0.39 is 6.04 Å². The van der Waals surface area contributed by atoms with Crippen LogP contribution in [-0.2, 0) is 6.42 Å². The SMILES string of the molecule is CCc1sc(C(=O)N[C@H](C)C#N)cc1C. The van der Waals surface area contributed by atoms with Gasteiger partial charge in [0.2, 0.25) is 0 Å². The third kappa shape index (κ3) is 2.80. The van der Waals surface area contributed by atoms with Crippen LogP contribution in [0.3, 0.4) is 0 Å². The number of nitrogens with one attached hydrogen (secondary N) is 1. The summed E-state index contributed by atoms with van der Waals surface area (Å²) in [7, 11) is 0. The van der Waals surface area contributed by atoms with E-state index in [9.17, 15) is 4.79 Å². The molecular formula is C11H14N2OS. The van der Waals surface area contributed by atoms with E-state index in [1.807, 2.05) is 19.1 Å². The van der Waals surface area contributed by atoms with Gasteiger partial charge in [0.05, 0.1) is 10.9 Å². The lowest BCUT2D eigenvalue weighted by Gasteiger charge is -2.03. The number of nitriles is 1. The van der Waals surface area contributed by atoms with Gasteiger partial charge in [0, 0.05) is 4.88 Å². The smallest absolute Gasteiger partial charge is 0.262 e. The second-order valence-corrected chi connectivity index (χ2v) is 4.53. The van der Waals surface area contributed by atoms with Crippen LogP contribution < -0.4 is 5.32 Å². The Labute approximate surface area is 93.7 Å². The molecule has 0 saturated heterocycles. The highest BCUT2D eigenvalue weighted by Gasteiger charge is 2.13. The van der Waals surface area contributed by atoms with Crippen LogP contribution in [0.25, 0.3) is 0 Å². The number of carbonyl (C=O) groups is 1. The summed E-state index contributed by atoms with van der Waals surface area (Å²) in [5.41, 5.74) is 1.15. The first kappa shape index (κ1) is 11.7. The van der Waals surface area contributed by atoms with Crippen LogP contribution in [0.1, 0.15) is 34.0 Å². The Morgan fingerprint density at radius 2 is 2.40 bits per heavy atom. The number of rotatable bonds is 3. The van der Waals surface area contributed by atoms with Gasteiger partial charge in [-0.05, 0) is 31.9 Å². The molecule has 0 aliphatic carbocycles. The van der Waals surface area contributed by atoms with Gasteiger partial charge in [0.15, 0.2) is 0 Å². The quantitative estimate of drug-likeness (QED) is 0.852. The van der Waals surface area contributed by atoms with Gasteiger partial charge in [0.1, 0.15) is 6.04 Å². The van der Waals surface area contributed by atoms with E-state index >= 15 is 0 Å². The molecule has 80 valence electrons. The minimum absolute atomic E-state index is 0.156. The Balaban J connectivity index is 2.79. The fraction of sp³-hybridized carbons (Fsp3) is 0.455. The lowest BCUT2D eigenvalue weighted by atomic mass is 10.2. The molecule has 1 rings (SSSR count). The normalized spacial score (nSPS) is 11.9. The van der Waals surface area contributed by atoms with E-state index in [-0.39, 0.29) is 5.91 Å². The fourth-order valence-electron chi connectivity index (χ4n) is 1.28. The van der Waals surface area contributed by atoms with Gasteiger partial charge in [-0.15, -0.1) is 11.3 Å². The topological polar surface area (TPSA) is 52.9 Å². The number of carbonyl (C=O) groups excluding carboxylic acids is 1. The van der Waals surface area contributed by atoms with Crippen molar-refractivity contribution in [2.45, 2.75) is 33.2 Å². The van der Waals surface area contributed by atoms with Gasteiger partial charge >= 0.3 is 0 Å². The van der Waals surface area contributed by atoms with E-state index in [1.54, 1.807) is 6.92 Å². The molecule has 1 atom stereocenters. The summed E-state index contributed by atoms with van der Waals surface area (Å²) >= 11 is 1.50. The second-order valence-electron chi connectivity index (χ2n) is 3.39. The third-order valence-electron chi connectivity index (χ3n) is 2.11. The molecular weight excluding hydrogens is 208 g/mol. The molecule has 3 nitrogen and oxygen atoms in total. The Morgan fingerprint density at radius 1 is 1.73 bits per heavy atom. The molecule has 4 heteroatoms. The van der Waals surface area contributed by atoms with Crippen molar-refractivity contribution >= 4 is 17.2 Å². The number of hydrogen-bond donors (Lipinski definition) is 1. The van der Waals surface area contributed by atoms with Crippen molar-refractivity contribution in [2.24, 2.45) is 0 Å². The number of hydrogen-bond acceptors (Lipinski definition) is 3. The summed E-state index contributed by atoms with van der Waals surface area (Å²) in [6, 6.07) is 3.41. The van der Waals surface area contributed by atoms with E-state index in [1.165, 1.54) is 16.2 Å². The van der Waals surface area contributed by atoms with Crippen LogP contribution in [0.4, 0.5) is 0 Å². The average molecular weight is 222 g/mol. The Morgan fingerprint density at radius 3 is 2.87 bits per heavy atom. The first-order valence-electron chi connectivity index (χ1n) is 4.88. The summed E-state index contributed by atoms with van der Waals surface area (Å²) in [6.07, 6.45) is 0.942. The summed E-state index contributed by atoms with van der Waals surface area (Å²) < 4.78 is 0. The molecule has 0 radical (unpaired) electrons. The molecule has 0 aliphatic rings. The molecule has 0 bridgehead atoms. The van der Waals surface area contributed by atoms with Crippen molar-refractivity contribution in [2.75, 3.05) is 0 Å². The number of nitrogens with zero attached hydrogens (tertiary/aromatic N) is 1. The first-order chi connectivity index (χ1) is 7.08. The van der Waals surface area contributed by atoms with Crippen LogP contribution in [0.15, 0.2) is 6.07 Å². The second kappa shape index (κ2) is 4.94. The first-order valence-corrected chi connectivity index (χ1v) is 5.70. The summed E-state index contributed by atoms with van der Waals surface area (Å²) in [6.45, 7) is 5.73. The predicted octanol–water partition coefficient (Wildman–Crippen LogP) is 2.26. The van der Waals surface area contributed by atoms with Gasteiger partial charge in [-0.1, -0.05) is 6.92 Å². The van der Waals surface area contributed by atoms with E-state index in [2.05, 4.69) is 12.2 Å². The van der Waals surface area contributed by atoms with Crippen molar-refractivity contribution < 1.29 is 4.79 Å². The molecule has 0 aliphatic heterocycles. The Hall–Kier alpha value is -1.34. The predicted molar refractivity (Wildman–Crippen MR) is 61.0 cm³/mol. The number of thiophene rings is 1. The molecule has 1 heterocycles. The minimum Gasteiger partial charge on any atom is -0.336 e. The molecule has 15 heavy (non-hydrogen) atoms. The van der Waals surface area contributed by atoms with Crippen LogP contribution in [0.5, 0.6) is 0 Å². The highest BCUT2D eigenvalue weighted by Crippen LogP contribution is 2.22. The zero-order valence-electron chi connectivity index (χ0n) is 9.13. The maximum Gasteiger partial charge on any atom is 0.262 e. The molecule has 0 unspecified atom stereocenters. The van der Waals surface area contributed by atoms with Crippen LogP contribution in [0, 0.1) is 18.3 Å². The highest BCUT2D eigenvalue weighted by atomic mass is 32.1. The molecule has 0 spiro atoms. The zero-order chi connectivity index (χ0) is 11.4. The van der Waals surface area contributed by atoms with E-state index in [0.717, 1.165) is 12.0 Å². The van der Waals surface area contributed by atoms with Gasteiger partial charge in [-0.3, -0.25) is 4.79 Å². The lowest BCUT2D eigenvalue weighted by Crippen LogP contribution is -2.30. The standard InChI is InChI=1S/C11H14N2OS/c1-4-9-7(2)5-10(15-9)11(14)13-8(3)6-12/h5,8H,4H2,1-3H3,(H,13,14)/t8-/m1/s1. The molecule has 0 fully saturated rings. The number of amides is 1. The van der Waals surface area contributed by atoms with Crippen molar-refractivity contribution in [1.82, 2.24) is 5.32 Å². The molecule has 1 aromatic heterocycles. The van der Waals surface area contributed by atoms with Crippen molar-refractivity contribution in [3.8, 4) is 6.07 Å². The monoisotopic (exact) mass is 222 g/mol. The molecule has 1 aromatic rings. The molecule has 1 N–H and O–H groups in total. The number of aryl methyl sites for hydroxylation is 2. The van der Waals surface area contributed by atoms with Gasteiger partial charge in [-0.25, -0.2) is 0 Å². The van der Waals surface area contributed by atoms with Crippen LogP contribution >= 0.6 is 11.3 Å². The van der Waals surface area contributed by atoms with E-state index in [0.29, 0.717) is 4.88 Å². The van der Waals surface area contributed by atoms with Gasteiger partial charge < -0.3 is 5.32 Å². The summed E-state index contributed by atoms with van der Waals surface area (Å²) in [5, 5.41) is 11.2. The van der Waals surface area contributed by atoms with Crippen molar-refractivity contribution in [3.05, 3.63) is 21.4 Å². The lowest BCUT2D eigenvalue weighted by molar-refractivity contribution is 0.0952.